The number of aromatic nitrogens is 4. The molecule has 2 fully saturated rings. The van der Waals surface area contributed by atoms with E-state index in [0.717, 1.165) is 30.0 Å². The van der Waals surface area contributed by atoms with E-state index in [1.165, 1.54) is 12.8 Å². The quantitative estimate of drug-likeness (QED) is 0.613. The summed E-state index contributed by atoms with van der Waals surface area (Å²) in [5.74, 6) is 0.994. The summed E-state index contributed by atoms with van der Waals surface area (Å²) in [5.41, 5.74) is 9.26. The summed E-state index contributed by atoms with van der Waals surface area (Å²) < 4.78 is 1.66. The number of fused-ring (bicyclic) bond motifs is 2. The monoisotopic (exact) mass is 405 g/mol. The van der Waals surface area contributed by atoms with Crippen molar-refractivity contribution in [3.05, 3.63) is 42.2 Å². The molecule has 4 N–H and O–H groups in total. The highest BCUT2D eigenvalue weighted by atomic mass is 16.3. The first-order valence-electron chi connectivity index (χ1n) is 10.5. The highest BCUT2D eigenvalue weighted by molar-refractivity contribution is 5.69. The summed E-state index contributed by atoms with van der Waals surface area (Å²) in [6, 6.07) is 11.0. The summed E-state index contributed by atoms with van der Waals surface area (Å²) in [4.78, 5) is 2.25. The molecule has 2 aromatic heterocycles. The Morgan fingerprint density at radius 1 is 1.13 bits per heavy atom. The van der Waals surface area contributed by atoms with E-state index in [2.05, 4.69) is 32.6 Å². The molecule has 2 aliphatic heterocycles. The van der Waals surface area contributed by atoms with Gasteiger partial charge in [0.1, 0.15) is 5.75 Å². The first kappa shape index (κ1) is 18.9. The summed E-state index contributed by atoms with van der Waals surface area (Å²) in [6.45, 7) is 1.85. The lowest BCUT2D eigenvalue weighted by atomic mass is 9.98. The number of hydrogen-bond acceptors (Lipinski definition) is 7. The average Bonchev–Trinajstić information content (AvgIpc) is 3.27. The second-order valence-electron chi connectivity index (χ2n) is 8.47. The summed E-state index contributed by atoms with van der Waals surface area (Å²) in [5, 5.41) is 27.4. The van der Waals surface area contributed by atoms with Crippen molar-refractivity contribution in [2.24, 2.45) is 0 Å². The van der Waals surface area contributed by atoms with Gasteiger partial charge in [-0.15, -0.1) is 10.2 Å². The third-order valence-corrected chi connectivity index (χ3v) is 6.47. The van der Waals surface area contributed by atoms with Crippen LogP contribution in [0.15, 0.2) is 36.5 Å². The largest absolute Gasteiger partial charge is 0.507 e. The van der Waals surface area contributed by atoms with Gasteiger partial charge in [0.05, 0.1) is 29.0 Å². The van der Waals surface area contributed by atoms with Crippen molar-refractivity contribution in [1.29, 1.82) is 0 Å². The van der Waals surface area contributed by atoms with Crippen molar-refractivity contribution in [3.8, 4) is 22.7 Å². The molecule has 30 heavy (non-hydrogen) atoms. The summed E-state index contributed by atoms with van der Waals surface area (Å²) in [7, 11) is 2.10. The maximum atomic E-state index is 10.6. The fourth-order valence-corrected chi connectivity index (χ4v) is 4.67. The van der Waals surface area contributed by atoms with Gasteiger partial charge in [-0.25, -0.2) is 4.68 Å². The molecule has 8 heteroatoms. The van der Waals surface area contributed by atoms with Gasteiger partial charge in [-0.1, -0.05) is 0 Å². The lowest BCUT2D eigenvalue weighted by molar-refractivity contribution is 0.353. The molecule has 2 saturated heterocycles. The van der Waals surface area contributed by atoms with Crippen LogP contribution in [0.3, 0.4) is 0 Å². The Kier molecular flexibility index (Phi) is 4.58. The molecule has 2 bridgehead atoms. The Labute approximate surface area is 175 Å². The minimum atomic E-state index is 0.129. The zero-order chi connectivity index (χ0) is 20.8. The number of nitrogen functional groups attached to an aromatic ring is 1. The van der Waals surface area contributed by atoms with Gasteiger partial charge in [0, 0.05) is 36.8 Å². The second kappa shape index (κ2) is 7.28. The number of rotatable bonds is 4. The van der Waals surface area contributed by atoms with Crippen LogP contribution in [-0.2, 0) is 0 Å². The molecule has 2 aliphatic rings. The predicted octanol–water partition coefficient (Wildman–Crippen LogP) is 2.64. The van der Waals surface area contributed by atoms with Gasteiger partial charge in [-0.05, 0) is 56.9 Å². The summed E-state index contributed by atoms with van der Waals surface area (Å²) >= 11 is 0. The fourth-order valence-electron chi connectivity index (χ4n) is 4.67. The van der Waals surface area contributed by atoms with Gasteiger partial charge in [0.15, 0.2) is 5.82 Å². The Hall–Kier alpha value is -3.13. The summed E-state index contributed by atoms with van der Waals surface area (Å²) in [6.07, 6.45) is 6.59. The minimum absolute atomic E-state index is 0.129. The van der Waals surface area contributed by atoms with Crippen molar-refractivity contribution >= 4 is 11.5 Å². The molecule has 5 rings (SSSR count). The van der Waals surface area contributed by atoms with E-state index in [1.807, 2.05) is 31.2 Å². The van der Waals surface area contributed by atoms with Crippen LogP contribution in [0.25, 0.3) is 16.9 Å². The third-order valence-electron chi connectivity index (χ3n) is 6.47. The Morgan fingerprint density at radius 3 is 2.50 bits per heavy atom. The number of anilines is 2. The third kappa shape index (κ3) is 3.37. The fraction of sp³-hybridized carbons (Fsp3) is 0.409. The highest BCUT2D eigenvalue weighted by Gasteiger charge is 2.35. The number of phenols is 1. The number of aryl methyl sites for hydroxylation is 1. The number of benzene rings is 1. The molecule has 8 nitrogen and oxygen atoms in total. The zero-order valence-electron chi connectivity index (χ0n) is 17.3. The van der Waals surface area contributed by atoms with Crippen molar-refractivity contribution in [3.63, 3.8) is 0 Å². The van der Waals surface area contributed by atoms with E-state index in [9.17, 15) is 5.11 Å². The molecule has 156 valence electrons. The van der Waals surface area contributed by atoms with Crippen LogP contribution < -0.4 is 16.0 Å². The first-order chi connectivity index (χ1) is 14.5. The number of aromatic hydroxyl groups is 1. The normalized spacial score (nSPS) is 22.9. The second-order valence-corrected chi connectivity index (χ2v) is 8.47. The highest BCUT2D eigenvalue weighted by Crippen LogP contribution is 2.33. The van der Waals surface area contributed by atoms with Gasteiger partial charge in [-0.2, -0.15) is 5.10 Å². The van der Waals surface area contributed by atoms with Crippen molar-refractivity contribution in [2.75, 3.05) is 17.7 Å². The van der Waals surface area contributed by atoms with Gasteiger partial charge in [0.2, 0.25) is 0 Å². The molecule has 0 saturated carbocycles. The van der Waals surface area contributed by atoms with Crippen LogP contribution in [0.1, 0.15) is 31.4 Å². The van der Waals surface area contributed by atoms with E-state index in [4.69, 9.17) is 5.73 Å². The number of nitrogens with zero attached hydrogens (tertiary/aromatic N) is 5. The van der Waals surface area contributed by atoms with Gasteiger partial charge in [-0.3, -0.25) is 0 Å². The topological polar surface area (TPSA) is 105 Å². The lowest BCUT2D eigenvalue weighted by Crippen LogP contribution is -2.47. The van der Waals surface area contributed by atoms with E-state index < -0.39 is 0 Å². The Bertz CT molecular complexity index is 1030. The molecule has 0 radical (unpaired) electrons. The van der Waals surface area contributed by atoms with Crippen LogP contribution in [0.4, 0.5) is 11.5 Å². The van der Waals surface area contributed by atoms with Gasteiger partial charge < -0.3 is 21.1 Å². The van der Waals surface area contributed by atoms with Crippen LogP contribution in [-0.4, -0.2) is 50.3 Å². The number of nitrogens with one attached hydrogen (secondary N) is 1. The van der Waals surface area contributed by atoms with E-state index in [0.29, 0.717) is 35.1 Å². The minimum Gasteiger partial charge on any atom is -0.507 e. The molecule has 3 aromatic rings. The average molecular weight is 406 g/mol. The van der Waals surface area contributed by atoms with Crippen molar-refractivity contribution < 1.29 is 5.11 Å². The SMILES string of the molecule is Cc1nn(-c2ccc(-c3ccc(N(C)[C@H]4CC5CC[C@H](C4)N5)nn3)c(O)c2)cc1N. The van der Waals surface area contributed by atoms with E-state index in [-0.39, 0.29) is 5.75 Å². The first-order valence-corrected chi connectivity index (χ1v) is 10.5. The van der Waals surface area contributed by atoms with Crippen molar-refractivity contribution in [1.82, 2.24) is 25.3 Å². The number of phenolic OH excluding ortho intramolecular Hbond substituents is 1. The molecule has 0 amide bonds. The number of nitrogens with two attached hydrogens (primary N) is 1. The number of piperidine rings is 1. The Balaban J connectivity index is 1.35. The van der Waals surface area contributed by atoms with Crippen LogP contribution >= 0.6 is 0 Å². The molecular weight excluding hydrogens is 378 g/mol. The maximum absolute atomic E-state index is 10.6. The molecule has 0 aliphatic carbocycles. The predicted molar refractivity (Wildman–Crippen MR) is 117 cm³/mol. The van der Waals surface area contributed by atoms with Crippen LogP contribution in [0.5, 0.6) is 5.75 Å². The molecule has 1 unspecified atom stereocenters. The molecule has 1 aromatic carbocycles. The molecule has 0 spiro atoms. The van der Waals surface area contributed by atoms with E-state index >= 15 is 0 Å². The smallest absolute Gasteiger partial charge is 0.151 e. The van der Waals surface area contributed by atoms with Crippen LogP contribution in [0, 0.1) is 6.92 Å². The number of hydrogen-bond donors (Lipinski definition) is 3. The maximum Gasteiger partial charge on any atom is 0.151 e. The van der Waals surface area contributed by atoms with Gasteiger partial charge >= 0.3 is 0 Å². The van der Waals surface area contributed by atoms with Crippen LogP contribution in [0.2, 0.25) is 0 Å². The van der Waals surface area contributed by atoms with Gasteiger partial charge in [0.25, 0.3) is 0 Å². The lowest BCUT2D eigenvalue weighted by Gasteiger charge is -2.36. The molecule has 3 atom stereocenters. The Morgan fingerprint density at radius 2 is 1.90 bits per heavy atom. The zero-order valence-corrected chi connectivity index (χ0v) is 17.3. The van der Waals surface area contributed by atoms with Crippen molar-refractivity contribution in [2.45, 2.75) is 50.7 Å². The molecular formula is C22H27N7O. The van der Waals surface area contributed by atoms with E-state index in [1.54, 1.807) is 16.9 Å². The standard InChI is InChI=1S/C22H27N7O/c1-13-19(23)12-29(27-13)16-5-6-18(21(30)11-16)20-7-8-22(26-25-20)28(2)17-9-14-3-4-15(10-17)24-14/h5-8,11-12,14-15,17,24,30H,3-4,9-10,23H2,1-2H3/t14-,15?,17-/m1/s1. The molecule has 4 heterocycles.